The Morgan fingerprint density at radius 3 is 2.76 bits per heavy atom. The van der Waals surface area contributed by atoms with Crippen LogP contribution in [-0.2, 0) is 12.3 Å². The quantitative estimate of drug-likeness (QED) is 0.709. The van der Waals surface area contributed by atoms with Crippen LogP contribution in [0.5, 0.6) is 0 Å². The van der Waals surface area contributed by atoms with Crippen LogP contribution in [0.15, 0.2) is 16.5 Å². The van der Waals surface area contributed by atoms with E-state index in [1.807, 2.05) is 0 Å². The number of rotatable bonds is 8. The molecule has 0 saturated heterocycles. The van der Waals surface area contributed by atoms with Gasteiger partial charge in [-0.3, -0.25) is 0 Å². The molecule has 6 heteroatoms. The lowest BCUT2D eigenvalue weighted by atomic mass is 10.3. The molecule has 1 rings (SSSR count). The van der Waals surface area contributed by atoms with Crippen molar-refractivity contribution in [2.75, 3.05) is 6.54 Å². The van der Waals surface area contributed by atoms with Gasteiger partial charge >= 0.3 is 0 Å². The first-order valence-electron chi connectivity index (χ1n) is 5.44. The van der Waals surface area contributed by atoms with E-state index in [0.29, 0.717) is 37.0 Å². The minimum atomic E-state index is -2.37. The molecule has 1 atom stereocenters. The molecule has 0 aliphatic heterocycles. The lowest BCUT2D eigenvalue weighted by Gasteiger charge is -2.04. The summed E-state index contributed by atoms with van der Waals surface area (Å²) in [6.07, 6.45) is 0.353. The fourth-order valence-corrected chi connectivity index (χ4v) is 1.71. The molecular weight excluding hydrogens is 248 g/mol. The Labute approximate surface area is 104 Å². The van der Waals surface area contributed by atoms with E-state index in [2.05, 4.69) is 5.32 Å². The Morgan fingerprint density at radius 2 is 2.12 bits per heavy atom. The van der Waals surface area contributed by atoms with Gasteiger partial charge in [-0.1, -0.05) is 11.8 Å². The van der Waals surface area contributed by atoms with Gasteiger partial charge < -0.3 is 14.8 Å². The molecule has 1 heterocycles. The monoisotopic (exact) mass is 265 g/mol. The highest BCUT2D eigenvalue weighted by atomic mass is 32.2. The van der Waals surface area contributed by atoms with Crippen LogP contribution in [0.1, 0.15) is 24.9 Å². The van der Waals surface area contributed by atoms with E-state index in [1.54, 1.807) is 19.1 Å². The molecule has 1 aromatic heterocycles. The molecule has 2 N–H and O–H groups in total. The van der Waals surface area contributed by atoms with E-state index in [1.165, 1.54) is 0 Å². The smallest absolute Gasteiger partial charge is 0.284 e. The van der Waals surface area contributed by atoms with Crippen molar-refractivity contribution in [2.24, 2.45) is 0 Å². The molecule has 0 aliphatic rings. The summed E-state index contributed by atoms with van der Waals surface area (Å²) in [6, 6.07) is 3.48. The molecular formula is C11H17F2NO2S. The Bertz CT molecular complexity index is 318. The van der Waals surface area contributed by atoms with Gasteiger partial charge in [0.25, 0.3) is 5.76 Å². The van der Waals surface area contributed by atoms with Crippen molar-refractivity contribution in [3.8, 4) is 0 Å². The molecule has 98 valence electrons. The van der Waals surface area contributed by atoms with Crippen LogP contribution in [0.2, 0.25) is 0 Å². The van der Waals surface area contributed by atoms with E-state index in [9.17, 15) is 8.78 Å². The number of alkyl halides is 2. The lowest BCUT2D eigenvalue weighted by Crippen LogP contribution is -2.18. The summed E-state index contributed by atoms with van der Waals surface area (Å²) in [5, 5.41) is 12.1. The SMILES string of the molecule is CC(O)CCNCc1ccc(CSC(F)F)o1. The van der Waals surface area contributed by atoms with Gasteiger partial charge in [-0.15, -0.1) is 0 Å². The molecule has 0 radical (unpaired) electrons. The maximum Gasteiger partial charge on any atom is 0.284 e. The zero-order valence-electron chi connectivity index (χ0n) is 9.66. The number of furan rings is 1. The van der Waals surface area contributed by atoms with Gasteiger partial charge in [0.1, 0.15) is 11.5 Å². The third-order valence-electron chi connectivity index (χ3n) is 2.11. The highest BCUT2D eigenvalue weighted by Gasteiger charge is 2.07. The molecule has 0 bridgehead atoms. The minimum Gasteiger partial charge on any atom is -0.464 e. The summed E-state index contributed by atoms with van der Waals surface area (Å²) >= 11 is 0.549. The second-order valence-corrected chi connectivity index (χ2v) is 4.73. The predicted octanol–water partition coefficient (Wildman–Crippen LogP) is 2.60. The standard InChI is InChI=1S/C11H17F2NO2S/c1-8(15)4-5-14-6-9-2-3-10(16-9)7-17-11(12)13/h2-3,8,11,14-15H,4-7H2,1H3. The molecule has 17 heavy (non-hydrogen) atoms. The van der Waals surface area contributed by atoms with Crippen molar-refractivity contribution in [1.29, 1.82) is 0 Å². The first kappa shape index (κ1) is 14.5. The Hall–Kier alpha value is -0.590. The topological polar surface area (TPSA) is 45.4 Å². The second-order valence-electron chi connectivity index (χ2n) is 3.75. The highest BCUT2D eigenvalue weighted by Crippen LogP contribution is 2.21. The second kappa shape index (κ2) is 7.68. The number of nitrogens with one attached hydrogen (secondary N) is 1. The third-order valence-corrected chi connectivity index (χ3v) is 2.81. The minimum absolute atomic E-state index is 0.186. The highest BCUT2D eigenvalue weighted by molar-refractivity contribution is 7.98. The molecule has 3 nitrogen and oxygen atoms in total. The zero-order valence-corrected chi connectivity index (χ0v) is 10.5. The Kier molecular flexibility index (Phi) is 6.54. The summed E-state index contributed by atoms with van der Waals surface area (Å²) in [4.78, 5) is 0. The fourth-order valence-electron chi connectivity index (χ4n) is 1.26. The van der Waals surface area contributed by atoms with Gasteiger partial charge in [-0.2, -0.15) is 8.78 Å². The first-order chi connectivity index (χ1) is 8.08. The average Bonchev–Trinajstić information content (AvgIpc) is 2.69. The molecule has 0 spiro atoms. The first-order valence-corrected chi connectivity index (χ1v) is 6.49. The van der Waals surface area contributed by atoms with E-state index >= 15 is 0 Å². The maximum absolute atomic E-state index is 11.9. The van der Waals surface area contributed by atoms with Gasteiger partial charge in [0.15, 0.2) is 0 Å². The van der Waals surface area contributed by atoms with Crippen LogP contribution < -0.4 is 5.32 Å². The van der Waals surface area contributed by atoms with Crippen molar-refractivity contribution < 1.29 is 18.3 Å². The number of aliphatic hydroxyl groups excluding tert-OH is 1. The van der Waals surface area contributed by atoms with Crippen LogP contribution >= 0.6 is 11.8 Å². The molecule has 0 fully saturated rings. The van der Waals surface area contributed by atoms with Crippen LogP contribution in [0.4, 0.5) is 8.78 Å². The fraction of sp³-hybridized carbons (Fsp3) is 0.636. The summed E-state index contributed by atoms with van der Waals surface area (Å²) < 4.78 is 29.2. The molecule has 0 saturated carbocycles. The van der Waals surface area contributed by atoms with Crippen molar-refractivity contribution in [2.45, 2.75) is 37.5 Å². The molecule has 0 amide bonds. The lowest BCUT2D eigenvalue weighted by molar-refractivity contribution is 0.183. The van der Waals surface area contributed by atoms with Crippen molar-refractivity contribution in [3.63, 3.8) is 0 Å². The van der Waals surface area contributed by atoms with Crippen LogP contribution in [0.25, 0.3) is 0 Å². The largest absolute Gasteiger partial charge is 0.464 e. The number of hydrogen-bond acceptors (Lipinski definition) is 4. The summed E-state index contributed by atoms with van der Waals surface area (Å²) in [6.45, 7) is 2.97. The van der Waals surface area contributed by atoms with Gasteiger partial charge in [-0.05, 0) is 32.0 Å². The van der Waals surface area contributed by atoms with Gasteiger partial charge in [0, 0.05) is 0 Å². The maximum atomic E-state index is 11.9. The van der Waals surface area contributed by atoms with Crippen molar-refractivity contribution in [1.82, 2.24) is 5.32 Å². The van der Waals surface area contributed by atoms with E-state index in [-0.39, 0.29) is 11.9 Å². The zero-order chi connectivity index (χ0) is 12.7. The molecule has 0 aromatic carbocycles. The van der Waals surface area contributed by atoms with E-state index in [4.69, 9.17) is 9.52 Å². The number of hydrogen-bond donors (Lipinski definition) is 2. The Morgan fingerprint density at radius 1 is 1.41 bits per heavy atom. The summed E-state index contributed by atoms with van der Waals surface area (Å²) in [5.41, 5.74) is 0. The number of halogens is 2. The molecule has 1 aromatic rings. The number of aliphatic hydroxyl groups is 1. The van der Waals surface area contributed by atoms with Crippen LogP contribution in [0, 0.1) is 0 Å². The third kappa shape index (κ3) is 6.65. The van der Waals surface area contributed by atoms with Crippen molar-refractivity contribution >= 4 is 11.8 Å². The molecule has 1 unspecified atom stereocenters. The van der Waals surface area contributed by atoms with E-state index < -0.39 is 5.76 Å². The van der Waals surface area contributed by atoms with Gasteiger partial charge in [0.05, 0.1) is 18.4 Å². The van der Waals surface area contributed by atoms with Gasteiger partial charge in [0.2, 0.25) is 0 Å². The van der Waals surface area contributed by atoms with Crippen LogP contribution in [0.3, 0.4) is 0 Å². The predicted molar refractivity (Wildman–Crippen MR) is 64.0 cm³/mol. The normalized spacial score (nSPS) is 13.2. The molecule has 0 aliphatic carbocycles. The summed E-state index contributed by atoms with van der Waals surface area (Å²) in [7, 11) is 0. The van der Waals surface area contributed by atoms with Crippen LogP contribution in [-0.4, -0.2) is 23.5 Å². The Balaban J connectivity index is 2.21. The van der Waals surface area contributed by atoms with Gasteiger partial charge in [-0.25, -0.2) is 0 Å². The van der Waals surface area contributed by atoms with Crippen molar-refractivity contribution in [3.05, 3.63) is 23.7 Å². The summed E-state index contributed by atoms with van der Waals surface area (Å²) in [5.74, 6) is -0.901. The average molecular weight is 265 g/mol. The van der Waals surface area contributed by atoms with E-state index in [0.717, 1.165) is 5.76 Å². The number of thioether (sulfide) groups is 1.